The lowest BCUT2D eigenvalue weighted by Gasteiger charge is -2.35. The number of nitrogens with one attached hydrogen (secondary N) is 2. The minimum atomic E-state index is -1.58. The molecule has 8 rings (SSSR count). The van der Waals surface area contributed by atoms with E-state index in [9.17, 15) is 33.2 Å². The number of hydrogen-bond acceptors (Lipinski definition) is 11. The summed E-state index contributed by atoms with van der Waals surface area (Å²) in [6, 6.07) is 7.10. The number of carbonyl (C=O) groups is 6. The second kappa shape index (κ2) is 18.7. The van der Waals surface area contributed by atoms with Crippen LogP contribution in [0.4, 0.5) is 10.1 Å². The number of amides is 6. The van der Waals surface area contributed by atoms with E-state index < -0.39 is 59.6 Å². The highest BCUT2D eigenvalue weighted by atomic mass is 19.1. The SMILES string of the molecule is CCC[C@@H]1[C@H](F)C(=O)N[C@@H]1COc1ncc(C#CC2CCN(CCCC3CCN(c4cccc5c4C(=O)N(C4CCC(=O)NC4=O)C5=O)CC3)CC2)c2cc(C(N)=O)c(OC)cc12. The first-order valence-electron chi connectivity index (χ1n) is 22.2. The molecule has 332 valence electrons. The second-order valence-electron chi connectivity index (χ2n) is 17.3. The Kier molecular flexibility index (Phi) is 12.9. The van der Waals surface area contributed by atoms with Gasteiger partial charge in [-0.3, -0.25) is 39.0 Å². The zero-order valence-corrected chi connectivity index (χ0v) is 35.8. The van der Waals surface area contributed by atoms with Gasteiger partial charge in [-0.2, -0.15) is 0 Å². The summed E-state index contributed by atoms with van der Waals surface area (Å²) in [5, 5.41) is 6.16. The van der Waals surface area contributed by atoms with Crippen molar-refractivity contribution in [2.75, 3.05) is 51.3 Å². The lowest BCUT2D eigenvalue weighted by Crippen LogP contribution is -2.54. The molecule has 4 fully saturated rings. The van der Waals surface area contributed by atoms with Gasteiger partial charge < -0.3 is 30.3 Å². The summed E-state index contributed by atoms with van der Waals surface area (Å²) in [6.07, 6.45) is 7.47. The number of fused-ring (bicyclic) bond motifs is 2. The highest BCUT2D eigenvalue weighted by Crippen LogP contribution is 2.37. The molecular weight excluding hydrogens is 810 g/mol. The number of carbonyl (C=O) groups excluding carboxylic acids is 6. The molecule has 4 saturated heterocycles. The molecule has 2 aromatic carbocycles. The van der Waals surface area contributed by atoms with Crippen LogP contribution in [0.5, 0.6) is 11.6 Å². The van der Waals surface area contributed by atoms with Crippen molar-refractivity contribution in [1.82, 2.24) is 25.4 Å². The number of piperidine rings is 3. The predicted octanol–water partition coefficient (Wildman–Crippen LogP) is 4.14. The van der Waals surface area contributed by atoms with E-state index in [1.54, 1.807) is 30.5 Å². The lowest BCUT2D eigenvalue weighted by atomic mass is 9.91. The van der Waals surface area contributed by atoms with Crippen LogP contribution in [0.2, 0.25) is 0 Å². The van der Waals surface area contributed by atoms with Crippen LogP contribution in [0.3, 0.4) is 0 Å². The van der Waals surface area contributed by atoms with E-state index in [1.165, 1.54) is 7.11 Å². The maximum Gasteiger partial charge on any atom is 0.264 e. The zero-order valence-electron chi connectivity index (χ0n) is 35.8. The van der Waals surface area contributed by atoms with Gasteiger partial charge in [-0.15, -0.1) is 0 Å². The number of aromatic nitrogens is 1. The summed E-state index contributed by atoms with van der Waals surface area (Å²) in [4.78, 5) is 86.0. The lowest BCUT2D eigenvalue weighted by molar-refractivity contribution is -0.136. The average molecular weight is 864 g/mol. The van der Waals surface area contributed by atoms with E-state index in [0.29, 0.717) is 39.8 Å². The third-order valence-corrected chi connectivity index (χ3v) is 13.4. The van der Waals surface area contributed by atoms with Crippen LogP contribution in [0.25, 0.3) is 10.8 Å². The van der Waals surface area contributed by atoms with Gasteiger partial charge >= 0.3 is 0 Å². The number of imide groups is 2. The molecular formula is C47H54FN7O8. The van der Waals surface area contributed by atoms with Crippen molar-refractivity contribution in [2.45, 2.75) is 89.4 Å². The number of nitrogens with zero attached hydrogens (tertiary/aromatic N) is 4. The van der Waals surface area contributed by atoms with Crippen LogP contribution >= 0.6 is 0 Å². The number of anilines is 1. The third kappa shape index (κ3) is 8.93. The van der Waals surface area contributed by atoms with Crippen LogP contribution < -0.4 is 30.7 Å². The van der Waals surface area contributed by atoms with Crippen molar-refractivity contribution in [3.63, 3.8) is 0 Å². The van der Waals surface area contributed by atoms with Gasteiger partial charge in [-0.25, -0.2) is 9.37 Å². The normalized spacial score (nSPS) is 23.4. The second-order valence-corrected chi connectivity index (χ2v) is 17.3. The Bertz CT molecular complexity index is 2380. The van der Waals surface area contributed by atoms with Gasteiger partial charge in [0, 0.05) is 48.3 Å². The number of likely N-dealkylation sites (tertiary alicyclic amines) is 1. The van der Waals surface area contributed by atoms with Crippen LogP contribution in [-0.4, -0.2) is 115 Å². The Morgan fingerprint density at radius 1 is 0.968 bits per heavy atom. The summed E-state index contributed by atoms with van der Waals surface area (Å²) in [5.41, 5.74) is 7.91. The number of benzene rings is 2. The molecule has 6 heterocycles. The van der Waals surface area contributed by atoms with Crippen molar-refractivity contribution in [3.8, 4) is 23.5 Å². The van der Waals surface area contributed by atoms with Gasteiger partial charge in [0.05, 0.1) is 41.1 Å². The van der Waals surface area contributed by atoms with Crippen LogP contribution in [0.1, 0.15) is 108 Å². The molecule has 16 heteroatoms. The molecule has 4 N–H and O–H groups in total. The maximum absolute atomic E-state index is 14.6. The zero-order chi connectivity index (χ0) is 44.4. The largest absolute Gasteiger partial charge is 0.496 e. The smallest absolute Gasteiger partial charge is 0.264 e. The Labute approximate surface area is 365 Å². The molecule has 0 bridgehead atoms. The summed E-state index contributed by atoms with van der Waals surface area (Å²) in [7, 11) is 1.45. The molecule has 5 aliphatic heterocycles. The Morgan fingerprint density at radius 3 is 2.46 bits per heavy atom. The summed E-state index contributed by atoms with van der Waals surface area (Å²) in [5.74, 6) is 4.27. The first-order valence-corrected chi connectivity index (χ1v) is 22.2. The van der Waals surface area contributed by atoms with E-state index in [-0.39, 0.29) is 42.6 Å². The minimum Gasteiger partial charge on any atom is -0.496 e. The van der Waals surface area contributed by atoms with E-state index in [1.807, 2.05) is 13.0 Å². The van der Waals surface area contributed by atoms with Gasteiger partial charge in [-0.05, 0) is 101 Å². The number of ether oxygens (including phenoxy) is 2. The molecule has 3 aromatic rings. The van der Waals surface area contributed by atoms with Gasteiger partial charge in [0.25, 0.3) is 23.6 Å². The number of hydrogen-bond donors (Lipinski definition) is 3. The number of methoxy groups -OCH3 is 1. The van der Waals surface area contributed by atoms with Gasteiger partial charge in [0.2, 0.25) is 17.7 Å². The van der Waals surface area contributed by atoms with Gasteiger partial charge in [-0.1, -0.05) is 31.3 Å². The Balaban J connectivity index is 0.835. The topological polar surface area (TPSA) is 194 Å². The number of alkyl halides is 1. The minimum absolute atomic E-state index is 0.0285. The van der Waals surface area contributed by atoms with E-state index in [0.717, 1.165) is 88.3 Å². The first-order chi connectivity index (χ1) is 30.4. The summed E-state index contributed by atoms with van der Waals surface area (Å²) >= 11 is 0. The molecule has 0 radical (unpaired) electrons. The van der Waals surface area contributed by atoms with E-state index in [4.69, 9.17) is 15.2 Å². The Morgan fingerprint density at radius 2 is 1.75 bits per heavy atom. The Hall–Kier alpha value is -6.08. The molecule has 0 aliphatic carbocycles. The van der Waals surface area contributed by atoms with Crippen LogP contribution in [0.15, 0.2) is 36.5 Å². The molecule has 0 saturated carbocycles. The first kappa shape index (κ1) is 43.6. The quantitative estimate of drug-likeness (QED) is 0.165. The molecule has 4 atom stereocenters. The van der Waals surface area contributed by atoms with E-state index in [2.05, 4.69) is 37.3 Å². The fourth-order valence-electron chi connectivity index (χ4n) is 9.91. The fourth-order valence-corrected chi connectivity index (χ4v) is 9.91. The number of pyridine rings is 1. The van der Waals surface area contributed by atoms with Crippen molar-refractivity contribution in [3.05, 3.63) is 58.8 Å². The van der Waals surface area contributed by atoms with Gasteiger partial charge in [0.15, 0.2) is 6.17 Å². The molecule has 63 heavy (non-hydrogen) atoms. The molecule has 0 spiro atoms. The monoisotopic (exact) mass is 863 g/mol. The number of halogens is 1. The van der Waals surface area contributed by atoms with Crippen molar-refractivity contribution in [2.24, 2.45) is 23.5 Å². The third-order valence-electron chi connectivity index (χ3n) is 13.4. The fraction of sp³-hybridized carbons (Fsp3) is 0.511. The van der Waals surface area contributed by atoms with E-state index >= 15 is 0 Å². The number of nitrogens with two attached hydrogens (primary N) is 1. The van der Waals surface area contributed by atoms with Crippen LogP contribution in [0, 0.1) is 29.6 Å². The molecule has 6 amide bonds. The standard InChI is InChI=1S/C47H54FN7O8/c1-3-6-30-35(51-44(59)41(30)48)26-63-45-33-24-38(62-2)34(42(49)57)23-32(33)29(25-50-45)11-10-28-14-19-53(20-15-28)18-5-7-27-16-21-54(22-17-27)36-9-4-8-31-40(36)47(61)55(46(31)60)37-12-13-39(56)52-43(37)58/h4,8-9,23-25,27-28,30,35,37,41H,3,5-7,12-22,26H2,1-2H3,(H2,49,57)(H,51,59)(H,52,56,58)/t30-,35+,37?,41-/m0/s1. The highest BCUT2D eigenvalue weighted by Gasteiger charge is 2.46. The van der Waals surface area contributed by atoms with Crippen molar-refractivity contribution >= 4 is 51.9 Å². The molecule has 15 nitrogen and oxygen atoms in total. The molecule has 1 unspecified atom stereocenters. The predicted molar refractivity (Wildman–Crippen MR) is 231 cm³/mol. The van der Waals surface area contributed by atoms with Crippen LogP contribution in [-0.2, 0) is 14.4 Å². The summed E-state index contributed by atoms with van der Waals surface area (Å²) < 4.78 is 26.2. The molecule has 1 aromatic heterocycles. The average Bonchev–Trinajstić information content (AvgIpc) is 3.70. The number of rotatable bonds is 13. The van der Waals surface area contributed by atoms with Crippen molar-refractivity contribution in [1.29, 1.82) is 0 Å². The van der Waals surface area contributed by atoms with Gasteiger partial charge in [0.1, 0.15) is 18.4 Å². The summed E-state index contributed by atoms with van der Waals surface area (Å²) in [6.45, 7) is 6.38. The highest BCUT2D eigenvalue weighted by molar-refractivity contribution is 6.25. The maximum atomic E-state index is 14.6. The number of primary amides is 1. The molecule has 5 aliphatic rings. The van der Waals surface area contributed by atoms with Crippen molar-refractivity contribution < 1.29 is 42.6 Å².